The van der Waals surface area contributed by atoms with E-state index in [4.69, 9.17) is 5.11 Å². The standard InChI is InChI=1S/C14H10F3NO4S/c15-14(16,17)9-6-7-12(11(8-9)13(19)20)18-23(21,22)10-4-2-1-3-5-10/h1-8,18H,(H,19,20). The van der Waals surface area contributed by atoms with E-state index in [0.717, 1.165) is 6.07 Å². The molecule has 0 saturated heterocycles. The van der Waals surface area contributed by atoms with Crippen molar-refractivity contribution in [3.05, 3.63) is 59.7 Å². The lowest BCUT2D eigenvalue weighted by Gasteiger charge is -2.13. The van der Waals surface area contributed by atoms with Gasteiger partial charge in [0.05, 0.1) is 21.7 Å². The Kier molecular flexibility index (Phi) is 4.33. The first-order chi connectivity index (χ1) is 10.6. The summed E-state index contributed by atoms with van der Waals surface area (Å²) in [5.41, 5.74) is -2.42. The fourth-order valence-electron chi connectivity index (χ4n) is 1.79. The number of nitrogens with one attached hydrogen (secondary N) is 1. The summed E-state index contributed by atoms with van der Waals surface area (Å²) in [6, 6.07) is 8.80. The van der Waals surface area contributed by atoms with E-state index in [1.54, 1.807) is 6.07 Å². The summed E-state index contributed by atoms with van der Waals surface area (Å²) in [6.45, 7) is 0. The minimum absolute atomic E-state index is 0.142. The molecule has 2 rings (SSSR count). The molecule has 0 amide bonds. The highest BCUT2D eigenvalue weighted by molar-refractivity contribution is 7.92. The van der Waals surface area contributed by atoms with Gasteiger partial charge in [0.2, 0.25) is 0 Å². The second-order valence-corrected chi connectivity index (χ2v) is 6.16. The number of sulfonamides is 1. The van der Waals surface area contributed by atoms with E-state index >= 15 is 0 Å². The maximum absolute atomic E-state index is 12.6. The summed E-state index contributed by atoms with van der Waals surface area (Å²) in [5.74, 6) is -1.68. The first kappa shape index (κ1) is 16.8. The molecule has 0 aliphatic rings. The summed E-state index contributed by atoms with van der Waals surface area (Å²) >= 11 is 0. The fraction of sp³-hybridized carbons (Fsp3) is 0.0714. The van der Waals surface area contributed by atoms with Gasteiger partial charge in [0.25, 0.3) is 10.0 Å². The van der Waals surface area contributed by atoms with Gasteiger partial charge in [-0.25, -0.2) is 13.2 Å². The number of carboxylic acids is 1. The van der Waals surface area contributed by atoms with Gasteiger partial charge in [0.1, 0.15) is 0 Å². The van der Waals surface area contributed by atoms with Crippen LogP contribution in [0.1, 0.15) is 15.9 Å². The van der Waals surface area contributed by atoms with Crippen LogP contribution in [-0.4, -0.2) is 19.5 Å². The van der Waals surface area contributed by atoms with Crippen molar-refractivity contribution in [2.75, 3.05) is 4.72 Å². The number of halogens is 3. The second kappa shape index (κ2) is 5.92. The summed E-state index contributed by atoms with van der Waals surface area (Å²) in [5, 5.41) is 9.02. The Morgan fingerprint density at radius 1 is 1.04 bits per heavy atom. The number of benzene rings is 2. The fourth-order valence-corrected chi connectivity index (χ4v) is 2.89. The Balaban J connectivity index is 2.46. The van der Waals surface area contributed by atoms with Gasteiger partial charge in [0, 0.05) is 0 Å². The van der Waals surface area contributed by atoms with Gasteiger partial charge < -0.3 is 5.11 Å². The van der Waals surface area contributed by atoms with Crippen LogP contribution in [0.5, 0.6) is 0 Å². The minimum Gasteiger partial charge on any atom is -0.478 e. The summed E-state index contributed by atoms with van der Waals surface area (Å²) in [6.07, 6.45) is -4.74. The van der Waals surface area contributed by atoms with Crippen LogP contribution in [0, 0.1) is 0 Å². The summed E-state index contributed by atoms with van der Waals surface area (Å²) in [7, 11) is -4.11. The highest BCUT2D eigenvalue weighted by Gasteiger charge is 2.32. The predicted octanol–water partition coefficient (Wildman–Crippen LogP) is 3.20. The highest BCUT2D eigenvalue weighted by Crippen LogP contribution is 2.32. The Labute approximate surface area is 129 Å². The average molecular weight is 345 g/mol. The summed E-state index contributed by atoms with van der Waals surface area (Å²) < 4.78 is 64.2. The molecule has 0 bridgehead atoms. The van der Waals surface area contributed by atoms with Crippen LogP contribution < -0.4 is 4.72 Å². The van der Waals surface area contributed by atoms with E-state index < -0.39 is 39.0 Å². The number of anilines is 1. The van der Waals surface area contributed by atoms with E-state index in [0.29, 0.717) is 12.1 Å². The van der Waals surface area contributed by atoms with Crippen molar-refractivity contribution < 1.29 is 31.5 Å². The molecule has 0 radical (unpaired) electrons. The molecule has 0 saturated carbocycles. The van der Waals surface area contributed by atoms with Crippen LogP contribution in [-0.2, 0) is 16.2 Å². The molecule has 0 aromatic heterocycles. The molecule has 5 nitrogen and oxygen atoms in total. The number of alkyl halides is 3. The van der Waals surface area contributed by atoms with Crippen LogP contribution in [0.3, 0.4) is 0 Å². The lowest BCUT2D eigenvalue weighted by molar-refractivity contribution is -0.137. The number of aromatic carboxylic acids is 1. The zero-order valence-electron chi connectivity index (χ0n) is 11.3. The molecule has 23 heavy (non-hydrogen) atoms. The quantitative estimate of drug-likeness (QED) is 0.891. The molecule has 2 aromatic rings. The lowest BCUT2D eigenvalue weighted by atomic mass is 10.1. The van der Waals surface area contributed by atoms with E-state index in [-0.39, 0.29) is 4.90 Å². The number of carbonyl (C=O) groups is 1. The molecule has 0 fully saturated rings. The molecule has 0 atom stereocenters. The van der Waals surface area contributed by atoms with E-state index in [9.17, 15) is 26.4 Å². The number of rotatable bonds is 4. The highest BCUT2D eigenvalue weighted by atomic mass is 32.2. The van der Waals surface area contributed by atoms with Crippen molar-refractivity contribution in [3.8, 4) is 0 Å². The van der Waals surface area contributed by atoms with Crippen LogP contribution >= 0.6 is 0 Å². The maximum Gasteiger partial charge on any atom is 0.416 e. The van der Waals surface area contributed by atoms with Gasteiger partial charge in [-0.3, -0.25) is 4.72 Å². The van der Waals surface area contributed by atoms with E-state index in [2.05, 4.69) is 0 Å². The monoisotopic (exact) mass is 345 g/mol. The SMILES string of the molecule is O=C(O)c1cc(C(F)(F)F)ccc1NS(=O)(=O)c1ccccc1. The van der Waals surface area contributed by atoms with Gasteiger partial charge in [-0.15, -0.1) is 0 Å². The molecular weight excluding hydrogens is 335 g/mol. The van der Waals surface area contributed by atoms with Crippen molar-refractivity contribution in [3.63, 3.8) is 0 Å². The molecule has 0 spiro atoms. The van der Waals surface area contributed by atoms with Gasteiger partial charge in [-0.2, -0.15) is 13.2 Å². The Morgan fingerprint density at radius 2 is 1.65 bits per heavy atom. The third-order valence-electron chi connectivity index (χ3n) is 2.88. The van der Waals surface area contributed by atoms with Gasteiger partial charge in [-0.05, 0) is 30.3 Å². The second-order valence-electron chi connectivity index (χ2n) is 4.48. The average Bonchev–Trinajstić information content (AvgIpc) is 2.46. The Hall–Kier alpha value is -2.55. The summed E-state index contributed by atoms with van der Waals surface area (Å²) in [4.78, 5) is 11.0. The smallest absolute Gasteiger partial charge is 0.416 e. The van der Waals surface area contributed by atoms with Crippen LogP contribution in [0.25, 0.3) is 0 Å². The normalized spacial score (nSPS) is 12.0. The molecule has 0 unspecified atom stereocenters. The Morgan fingerprint density at radius 3 is 2.17 bits per heavy atom. The van der Waals surface area contributed by atoms with Crippen molar-refractivity contribution >= 4 is 21.7 Å². The first-order valence-corrected chi connectivity index (χ1v) is 7.62. The number of hydrogen-bond acceptors (Lipinski definition) is 3. The van der Waals surface area contributed by atoms with Crippen molar-refractivity contribution in [2.45, 2.75) is 11.1 Å². The van der Waals surface area contributed by atoms with Crippen LogP contribution in [0.15, 0.2) is 53.4 Å². The maximum atomic E-state index is 12.6. The van der Waals surface area contributed by atoms with E-state index in [1.807, 2.05) is 4.72 Å². The zero-order chi connectivity index (χ0) is 17.3. The van der Waals surface area contributed by atoms with Crippen LogP contribution in [0.4, 0.5) is 18.9 Å². The molecule has 122 valence electrons. The van der Waals surface area contributed by atoms with Gasteiger partial charge in [-0.1, -0.05) is 18.2 Å². The molecule has 0 heterocycles. The number of carboxylic acid groups (broad SMARTS) is 1. The van der Waals surface area contributed by atoms with Crippen molar-refractivity contribution in [1.29, 1.82) is 0 Å². The largest absolute Gasteiger partial charge is 0.478 e. The topological polar surface area (TPSA) is 83.5 Å². The van der Waals surface area contributed by atoms with Crippen molar-refractivity contribution in [1.82, 2.24) is 0 Å². The molecule has 0 aliphatic carbocycles. The third kappa shape index (κ3) is 3.81. The minimum atomic E-state index is -4.74. The Bertz CT molecular complexity index is 833. The van der Waals surface area contributed by atoms with Crippen molar-refractivity contribution in [2.24, 2.45) is 0 Å². The molecule has 9 heteroatoms. The molecule has 0 aliphatic heterocycles. The zero-order valence-corrected chi connectivity index (χ0v) is 12.1. The van der Waals surface area contributed by atoms with Crippen LogP contribution in [0.2, 0.25) is 0 Å². The van der Waals surface area contributed by atoms with Gasteiger partial charge in [0.15, 0.2) is 0 Å². The third-order valence-corrected chi connectivity index (χ3v) is 4.26. The van der Waals surface area contributed by atoms with E-state index in [1.165, 1.54) is 24.3 Å². The lowest BCUT2D eigenvalue weighted by Crippen LogP contribution is -2.16. The van der Waals surface area contributed by atoms with Gasteiger partial charge >= 0.3 is 12.1 Å². The molecule has 2 N–H and O–H groups in total. The molecular formula is C14H10F3NO4S. The first-order valence-electron chi connectivity index (χ1n) is 6.13. The predicted molar refractivity (Wildman–Crippen MR) is 75.7 cm³/mol. The molecule has 2 aromatic carbocycles. The number of hydrogen-bond donors (Lipinski definition) is 2.